The van der Waals surface area contributed by atoms with Gasteiger partial charge in [-0.15, -0.1) is 0 Å². The summed E-state index contributed by atoms with van der Waals surface area (Å²) in [7, 11) is 0. The van der Waals surface area contributed by atoms with Gasteiger partial charge in [0.15, 0.2) is 0 Å². The van der Waals surface area contributed by atoms with E-state index in [4.69, 9.17) is 0 Å². The van der Waals surface area contributed by atoms with Crippen LogP contribution in [0, 0.1) is 0 Å². The van der Waals surface area contributed by atoms with Gasteiger partial charge < -0.3 is 15.4 Å². The quantitative estimate of drug-likeness (QED) is 0.750. The van der Waals surface area contributed by atoms with Crippen LogP contribution >= 0.6 is 0 Å². The van der Waals surface area contributed by atoms with Gasteiger partial charge in [-0.25, -0.2) is 0 Å². The van der Waals surface area contributed by atoms with E-state index in [0.717, 1.165) is 5.52 Å². The third kappa shape index (κ3) is 1.77. The number of carbonyl (C=O) groups excluding carboxylic acids is 1. The van der Waals surface area contributed by atoms with Gasteiger partial charge in [-0.05, 0) is 11.6 Å². The normalized spacial score (nSPS) is 27.0. The van der Waals surface area contributed by atoms with Crippen molar-refractivity contribution >= 4 is 16.8 Å². The minimum atomic E-state index is -4.90. The van der Waals surface area contributed by atoms with Gasteiger partial charge in [0.05, 0.1) is 5.92 Å². The van der Waals surface area contributed by atoms with E-state index in [9.17, 15) is 23.1 Å². The standard InChI is InChI=1S/C13H11F3N2O2/c14-13(15,16)12(20)5-8(11(19)18-12)9-6-17-10-4-2-1-3-7(9)10/h1-4,6,8,17,20H,5H2,(H,18,19). The van der Waals surface area contributed by atoms with Gasteiger partial charge in [-0.3, -0.25) is 4.79 Å². The molecule has 0 bridgehead atoms. The summed E-state index contributed by atoms with van der Waals surface area (Å²) < 4.78 is 38.3. The minimum Gasteiger partial charge on any atom is -0.363 e. The average Bonchev–Trinajstić information content (AvgIpc) is 2.90. The van der Waals surface area contributed by atoms with Gasteiger partial charge in [0.2, 0.25) is 11.6 Å². The molecule has 2 aromatic rings. The molecule has 1 amide bonds. The van der Waals surface area contributed by atoms with Crippen LogP contribution in [0.4, 0.5) is 13.2 Å². The van der Waals surface area contributed by atoms with Crippen LogP contribution in [-0.4, -0.2) is 27.9 Å². The lowest BCUT2D eigenvalue weighted by Gasteiger charge is -2.25. The SMILES string of the molecule is O=C1NC(O)(C(F)(F)F)CC1c1c[nH]c2ccccc12. The summed E-state index contributed by atoms with van der Waals surface area (Å²) in [4.78, 5) is 14.7. The van der Waals surface area contributed by atoms with Gasteiger partial charge in [0, 0.05) is 23.5 Å². The first-order valence-electron chi connectivity index (χ1n) is 5.99. The third-order valence-electron chi connectivity index (χ3n) is 3.61. The number of hydrogen-bond donors (Lipinski definition) is 3. The molecule has 0 saturated carbocycles. The molecule has 0 spiro atoms. The fraction of sp³-hybridized carbons (Fsp3) is 0.308. The lowest BCUT2D eigenvalue weighted by molar-refractivity contribution is -0.266. The van der Waals surface area contributed by atoms with E-state index in [2.05, 4.69) is 4.98 Å². The summed E-state index contributed by atoms with van der Waals surface area (Å²) in [5.41, 5.74) is -1.97. The van der Waals surface area contributed by atoms with E-state index in [1.165, 1.54) is 6.20 Å². The number of para-hydroxylation sites is 1. The largest absolute Gasteiger partial charge is 0.436 e. The Morgan fingerprint density at radius 2 is 2.00 bits per heavy atom. The van der Waals surface area contributed by atoms with Gasteiger partial charge >= 0.3 is 6.18 Å². The zero-order valence-corrected chi connectivity index (χ0v) is 10.2. The van der Waals surface area contributed by atoms with Crippen LogP contribution in [0.1, 0.15) is 17.9 Å². The fourth-order valence-electron chi connectivity index (χ4n) is 2.55. The Balaban J connectivity index is 2.02. The second-order valence-corrected chi connectivity index (χ2v) is 4.89. The van der Waals surface area contributed by atoms with Crippen LogP contribution in [0.15, 0.2) is 30.5 Å². The minimum absolute atomic E-state index is 0.457. The number of benzene rings is 1. The van der Waals surface area contributed by atoms with Crippen LogP contribution in [-0.2, 0) is 4.79 Å². The molecule has 0 radical (unpaired) electrons. The monoisotopic (exact) mass is 284 g/mol. The Hall–Kier alpha value is -2.02. The number of carbonyl (C=O) groups is 1. The molecule has 7 heteroatoms. The number of amides is 1. The zero-order chi connectivity index (χ0) is 14.5. The molecule has 4 nitrogen and oxygen atoms in total. The first kappa shape index (κ1) is 13.0. The number of halogens is 3. The summed E-state index contributed by atoms with van der Waals surface area (Å²) in [6.07, 6.45) is -4.11. The lowest BCUT2D eigenvalue weighted by Crippen LogP contribution is -2.53. The van der Waals surface area contributed by atoms with E-state index < -0.39 is 30.1 Å². The second-order valence-electron chi connectivity index (χ2n) is 4.89. The third-order valence-corrected chi connectivity index (χ3v) is 3.61. The van der Waals surface area contributed by atoms with E-state index in [0.29, 0.717) is 10.9 Å². The number of nitrogens with one attached hydrogen (secondary N) is 2. The van der Waals surface area contributed by atoms with Gasteiger partial charge in [0.1, 0.15) is 0 Å². The molecule has 106 valence electrons. The van der Waals surface area contributed by atoms with Gasteiger partial charge in [-0.1, -0.05) is 18.2 Å². The second kappa shape index (κ2) is 3.99. The average molecular weight is 284 g/mol. The predicted molar refractivity (Wildman–Crippen MR) is 64.8 cm³/mol. The highest BCUT2D eigenvalue weighted by molar-refractivity contribution is 5.93. The van der Waals surface area contributed by atoms with Gasteiger partial charge in [-0.2, -0.15) is 13.2 Å². The molecular weight excluding hydrogens is 273 g/mol. The lowest BCUT2D eigenvalue weighted by atomic mass is 9.94. The first-order chi connectivity index (χ1) is 9.32. The maximum absolute atomic E-state index is 12.8. The van der Waals surface area contributed by atoms with Crippen LogP contribution in [0.25, 0.3) is 10.9 Å². The highest BCUT2D eigenvalue weighted by atomic mass is 19.4. The van der Waals surface area contributed by atoms with E-state index in [-0.39, 0.29) is 0 Å². The molecule has 1 aromatic heterocycles. The van der Waals surface area contributed by atoms with Crippen molar-refractivity contribution in [1.82, 2.24) is 10.3 Å². The molecule has 20 heavy (non-hydrogen) atoms. The molecule has 3 N–H and O–H groups in total. The number of alkyl halides is 3. The molecule has 1 saturated heterocycles. The highest BCUT2D eigenvalue weighted by Gasteiger charge is 2.61. The summed E-state index contributed by atoms with van der Waals surface area (Å²) in [6.45, 7) is 0. The molecule has 1 aliphatic rings. The number of fused-ring (bicyclic) bond motifs is 1. The van der Waals surface area contributed by atoms with E-state index in [1.54, 1.807) is 29.6 Å². The number of aliphatic hydroxyl groups is 1. The fourth-order valence-corrected chi connectivity index (χ4v) is 2.55. The van der Waals surface area contributed by atoms with Gasteiger partial charge in [0.25, 0.3) is 0 Å². The van der Waals surface area contributed by atoms with Crippen molar-refractivity contribution in [3.8, 4) is 0 Å². The van der Waals surface area contributed by atoms with E-state index in [1.807, 2.05) is 0 Å². The summed E-state index contributed by atoms with van der Waals surface area (Å²) >= 11 is 0. The van der Waals surface area contributed by atoms with Crippen molar-refractivity contribution in [3.05, 3.63) is 36.0 Å². The van der Waals surface area contributed by atoms with Crippen LogP contribution in [0.3, 0.4) is 0 Å². The van der Waals surface area contributed by atoms with Crippen molar-refractivity contribution in [2.45, 2.75) is 24.2 Å². The Morgan fingerprint density at radius 1 is 1.30 bits per heavy atom. The first-order valence-corrected chi connectivity index (χ1v) is 5.99. The van der Waals surface area contributed by atoms with Crippen molar-refractivity contribution in [1.29, 1.82) is 0 Å². The number of H-pyrrole nitrogens is 1. The molecule has 1 aliphatic heterocycles. The maximum Gasteiger partial charge on any atom is 0.436 e. The molecule has 2 atom stereocenters. The molecule has 2 unspecified atom stereocenters. The van der Waals surface area contributed by atoms with Crippen LogP contribution in [0.5, 0.6) is 0 Å². The Kier molecular flexibility index (Phi) is 2.59. The van der Waals surface area contributed by atoms with Crippen molar-refractivity contribution in [2.75, 3.05) is 0 Å². The maximum atomic E-state index is 12.8. The van der Waals surface area contributed by atoms with E-state index >= 15 is 0 Å². The number of aromatic amines is 1. The van der Waals surface area contributed by atoms with Crippen molar-refractivity contribution in [3.63, 3.8) is 0 Å². The smallest absolute Gasteiger partial charge is 0.363 e. The summed E-state index contributed by atoms with van der Waals surface area (Å²) in [5, 5.41) is 11.9. The van der Waals surface area contributed by atoms with Crippen molar-refractivity contribution in [2.24, 2.45) is 0 Å². The van der Waals surface area contributed by atoms with Crippen LogP contribution in [0.2, 0.25) is 0 Å². The Morgan fingerprint density at radius 3 is 2.65 bits per heavy atom. The molecule has 3 rings (SSSR count). The molecule has 0 aliphatic carbocycles. The molecule has 1 aromatic carbocycles. The Bertz CT molecular complexity index is 680. The number of hydrogen-bond acceptors (Lipinski definition) is 2. The number of aromatic nitrogens is 1. The molecule has 1 fully saturated rings. The molecular formula is C13H11F3N2O2. The summed E-state index contributed by atoms with van der Waals surface area (Å²) in [5.74, 6) is -1.85. The topological polar surface area (TPSA) is 65.1 Å². The summed E-state index contributed by atoms with van der Waals surface area (Å²) in [6, 6.07) is 7.01. The predicted octanol–water partition coefficient (Wildman–Crippen LogP) is 2.02. The zero-order valence-electron chi connectivity index (χ0n) is 10.2. The Labute approximate surface area is 111 Å². The number of rotatable bonds is 1. The molecule has 2 heterocycles. The van der Waals surface area contributed by atoms with Crippen molar-refractivity contribution < 1.29 is 23.1 Å². The highest BCUT2D eigenvalue weighted by Crippen LogP contribution is 2.42. The van der Waals surface area contributed by atoms with Crippen LogP contribution < -0.4 is 5.32 Å².